The van der Waals surface area contributed by atoms with Crippen LogP contribution in [0.5, 0.6) is 5.75 Å². The van der Waals surface area contributed by atoms with Gasteiger partial charge < -0.3 is 14.2 Å². The Morgan fingerprint density at radius 3 is 2.57 bits per heavy atom. The Balaban J connectivity index is 2.16. The summed E-state index contributed by atoms with van der Waals surface area (Å²) in [6, 6.07) is 7.80. The molecule has 0 aliphatic carbocycles. The van der Waals surface area contributed by atoms with Crippen LogP contribution < -0.4 is 4.74 Å². The van der Waals surface area contributed by atoms with E-state index in [1.54, 1.807) is 0 Å². The quantitative estimate of drug-likeness (QED) is 0.620. The summed E-state index contributed by atoms with van der Waals surface area (Å²) in [5, 5.41) is 0. The van der Waals surface area contributed by atoms with Crippen LogP contribution in [0, 0.1) is 5.92 Å². The molecular weight excluding hydrogens is 268 g/mol. The van der Waals surface area contributed by atoms with Gasteiger partial charge >= 0.3 is 5.97 Å². The highest BCUT2D eigenvalue weighted by Crippen LogP contribution is 2.67. The topological polar surface area (TPSA) is 48.1 Å². The van der Waals surface area contributed by atoms with E-state index in [9.17, 15) is 4.79 Å². The molecule has 1 spiro atoms. The summed E-state index contributed by atoms with van der Waals surface area (Å²) >= 11 is 0. The van der Waals surface area contributed by atoms with Gasteiger partial charge in [-0.25, -0.2) is 4.79 Å². The van der Waals surface area contributed by atoms with Crippen molar-refractivity contribution in [3.8, 4) is 5.75 Å². The predicted octanol–water partition coefficient (Wildman–Crippen LogP) is 3.04. The number of methoxy groups -OCH3 is 1. The van der Waals surface area contributed by atoms with Gasteiger partial charge in [-0.3, -0.25) is 0 Å². The first-order valence-corrected chi connectivity index (χ1v) is 7.36. The molecule has 1 aromatic carbocycles. The van der Waals surface area contributed by atoms with E-state index in [4.69, 9.17) is 14.2 Å². The Morgan fingerprint density at radius 2 is 1.95 bits per heavy atom. The lowest BCUT2D eigenvalue weighted by Crippen LogP contribution is -2.46. The Kier molecular flexibility index (Phi) is 2.90. The fraction of sp³-hybridized carbons (Fsp3) is 0.588. The van der Waals surface area contributed by atoms with Gasteiger partial charge in [-0.2, -0.15) is 0 Å². The highest BCUT2D eigenvalue weighted by Gasteiger charge is 2.80. The Bertz CT molecular complexity index is 592. The number of ether oxygens (including phenoxy) is 3. The third-order valence-electron chi connectivity index (χ3n) is 4.58. The van der Waals surface area contributed by atoms with E-state index in [1.807, 2.05) is 52.0 Å². The van der Waals surface area contributed by atoms with E-state index < -0.39 is 11.2 Å². The van der Waals surface area contributed by atoms with Crippen molar-refractivity contribution >= 4 is 5.97 Å². The number of hydrogen-bond acceptors (Lipinski definition) is 4. The van der Waals surface area contributed by atoms with Crippen LogP contribution in [-0.2, 0) is 19.9 Å². The number of fused-ring (bicyclic) bond motifs is 2. The molecule has 0 amide bonds. The van der Waals surface area contributed by atoms with Crippen LogP contribution >= 0.6 is 0 Å². The molecule has 2 aliphatic rings. The second-order valence-corrected chi connectivity index (χ2v) is 6.85. The van der Waals surface area contributed by atoms with Crippen molar-refractivity contribution in [1.29, 1.82) is 0 Å². The van der Waals surface area contributed by atoms with Gasteiger partial charge in [0.15, 0.2) is 0 Å². The number of epoxide rings is 1. The highest BCUT2D eigenvalue weighted by atomic mass is 16.7. The standard InChI is InChI=1S/C17H22O4/c1-11(2)17(14(18)19-5)16(21-17)10-15(3,4)20-13-9-7-6-8-12(13)16/h6-9,11H,10H2,1-5H3. The third kappa shape index (κ3) is 1.75. The SMILES string of the molecule is COC(=O)C1(C(C)C)OC12CC(C)(C)Oc1ccccc12. The van der Waals surface area contributed by atoms with Gasteiger partial charge in [0.05, 0.1) is 7.11 Å². The highest BCUT2D eigenvalue weighted by molar-refractivity contribution is 5.86. The fourth-order valence-electron chi connectivity index (χ4n) is 3.77. The van der Waals surface area contributed by atoms with Crippen LogP contribution in [0.15, 0.2) is 24.3 Å². The van der Waals surface area contributed by atoms with Crippen molar-refractivity contribution in [3.05, 3.63) is 29.8 Å². The summed E-state index contributed by atoms with van der Waals surface area (Å²) in [5.41, 5.74) is -1.01. The van der Waals surface area contributed by atoms with Gasteiger partial charge in [-0.05, 0) is 25.8 Å². The zero-order valence-corrected chi connectivity index (χ0v) is 13.2. The zero-order chi connectivity index (χ0) is 15.5. The average Bonchev–Trinajstić information content (AvgIpc) is 3.07. The molecule has 0 N–H and O–H groups in total. The number of para-hydroxylation sites is 1. The van der Waals surface area contributed by atoms with E-state index in [0.717, 1.165) is 11.3 Å². The van der Waals surface area contributed by atoms with Gasteiger partial charge in [0.1, 0.15) is 17.0 Å². The second kappa shape index (κ2) is 4.23. The lowest BCUT2D eigenvalue weighted by molar-refractivity contribution is -0.148. The van der Waals surface area contributed by atoms with Crippen molar-refractivity contribution in [2.75, 3.05) is 7.11 Å². The van der Waals surface area contributed by atoms with E-state index in [1.165, 1.54) is 7.11 Å². The molecule has 2 unspecified atom stereocenters. The molecule has 1 aromatic rings. The summed E-state index contributed by atoms with van der Waals surface area (Å²) in [7, 11) is 1.41. The van der Waals surface area contributed by atoms with Crippen molar-refractivity contribution in [3.63, 3.8) is 0 Å². The first-order valence-electron chi connectivity index (χ1n) is 7.36. The van der Waals surface area contributed by atoms with E-state index in [-0.39, 0.29) is 17.5 Å². The minimum Gasteiger partial charge on any atom is -0.487 e. The lowest BCUT2D eigenvalue weighted by atomic mass is 9.72. The lowest BCUT2D eigenvalue weighted by Gasteiger charge is -2.38. The maximum absolute atomic E-state index is 12.4. The molecule has 4 heteroatoms. The molecule has 0 aromatic heterocycles. The number of rotatable bonds is 2. The minimum absolute atomic E-state index is 0.0203. The van der Waals surface area contributed by atoms with Crippen LogP contribution in [0.3, 0.4) is 0 Å². The summed E-state index contributed by atoms with van der Waals surface area (Å²) in [4.78, 5) is 12.4. The summed E-state index contributed by atoms with van der Waals surface area (Å²) < 4.78 is 17.2. The Labute approximate surface area is 125 Å². The number of hydrogen-bond donors (Lipinski definition) is 0. The van der Waals surface area contributed by atoms with Crippen LogP contribution in [0.4, 0.5) is 0 Å². The Hall–Kier alpha value is -1.55. The summed E-state index contributed by atoms with van der Waals surface area (Å²) in [6.07, 6.45) is 0.629. The minimum atomic E-state index is -0.918. The second-order valence-electron chi connectivity index (χ2n) is 6.85. The van der Waals surface area contributed by atoms with E-state index in [0.29, 0.717) is 6.42 Å². The largest absolute Gasteiger partial charge is 0.487 e. The van der Waals surface area contributed by atoms with Gasteiger partial charge in [0, 0.05) is 12.0 Å². The van der Waals surface area contributed by atoms with Crippen LogP contribution in [0.25, 0.3) is 0 Å². The van der Waals surface area contributed by atoms with Crippen molar-refractivity contribution in [2.45, 2.75) is 50.9 Å². The molecule has 2 aliphatic heterocycles. The summed E-state index contributed by atoms with van der Waals surface area (Å²) in [5.74, 6) is 0.511. The maximum atomic E-state index is 12.4. The Morgan fingerprint density at radius 1 is 1.29 bits per heavy atom. The average molecular weight is 290 g/mol. The van der Waals surface area contributed by atoms with Crippen molar-refractivity contribution < 1.29 is 19.0 Å². The molecule has 0 bridgehead atoms. The van der Waals surface area contributed by atoms with E-state index in [2.05, 4.69) is 0 Å². The first-order chi connectivity index (χ1) is 9.79. The van der Waals surface area contributed by atoms with Crippen LogP contribution in [0.2, 0.25) is 0 Å². The summed E-state index contributed by atoms with van der Waals surface area (Å²) in [6.45, 7) is 8.04. The monoisotopic (exact) mass is 290 g/mol. The number of carbonyl (C=O) groups excluding carboxylic acids is 1. The molecule has 2 atom stereocenters. The van der Waals surface area contributed by atoms with Crippen LogP contribution in [-0.4, -0.2) is 24.3 Å². The van der Waals surface area contributed by atoms with Gasteiger partial charge in [-0.15, -0.1) is 0 Å². The predicted molar refractivity (Wildman–Crippen MR) is 78.1 cm³/mol. The molecule has 0 saturated carbocycles. The number of carbonyl (C=O) groups is 1. The number of benzene rings is 1. The van der Waals surface area contributed by atoms with E-state index >= 15 is 0 Å². The molecular formula is C17H22O4. The molecule has 0 radical (unpaired) electrons. The van der Waals surface area contributed by atoms with Gasteiger partial charge in [0.2, 0.25) is 5.60 Å². The van der Waals surface area contributed by atoms with Crippen molar-refractivity contribution in [2.24, 2.45) is 5.92 Å². The van der Waals surface area contributed by atoms with Gasteiger partial charge in [-0.1, -0.05) is 32.0 Å². The fourth-order valence-corrected chi connectivity index (χ4v) is 3.77. The molecule has 114 valence electrons. The maximum Gasteiger partial charge on any atom is 0.341 e. The first kappa shape index (κ1) is 14.4. The molecule has 4 nitrogen and oxygen atoms in total. The zero-order valence-electron chi connectivity index (χ0n) is 13.2. The van der Waals surface area contributed by atoms with Crippen molar-refractivity contribution in [1.82, 2.24) is 0 Å². The molecule has 3 rings (SSSR count). The normalized spacial score (nSPS) is 32.5. The third-order valence-corrected chi connectivity index (χ3v) is 4.58. The van der Waals surface area contributed by atoms with Gasteiger partial charge in [0.25, 0.3) is 0 Å². The number of esters is 1. The molecule has 1 fully saturated rings. The van der Waals surface area contributed by atoms with Crippen LogP contribution in [0.1, 0.15) is 39.7 Å². The molecule has 1 saturated heterocycles. The molecule has 21 heavy (non-hydrogen) atoms. The molecule has 2 heterocycles. The smallest absolute Gasteiger partial charge is 0.341 e.